The second-order valence-corrected chi connectivity index (χ2v) is 8.54. The van der Waals surface area contributed by atoms with Gasteiger partial charge in [-0.15, -0.1) is 10.2 Å². The average Bonchev–Trinajstić information content (AvgIpc) is 3.09. The summed E-state index contributed by atoms with van der Waals surface area (Å²) in [5, 5.41) is 14.5. The summed E-state index contributed by atoms with van der Waals surface area (Å²) in [6.07, 6.45) is 0.473. The van der Waals surface area contributed by atoms with Crippen molar-refractivity contribution in [2.24, 2.45) is 0 Å². The lowest BCUT2D eigenvalue weighted by Gasteiger charge is -2.23. The minimum absolute atomic E-state index is 0.153. The molecule has 10 heteroatoms. The molecule has 31 heavy (non-hydrogen) atoms. The number of imide groups is 1. The van der Waals surface area contributed by atoms with Gasteiger partial charge in [-0.05, 0) is 36.8 Å². The van der Waals surface area contributed by atoms with Gasteiger partial charge in [0.2, 0.25) is 5.91 Å². The van der Waals surface area contributed by atoms with Crippen LogP contribution in [0.4, 0.5) is 9.18 Å². The predicted octanol–water partition coefficient (Wildman–Crippen LogP) is 3.80. The molecule has 3 aromatic rings. The summed E-state index contributed by atoms with van der Waals surface area (Å²) in [7, 11) is 0. The lowest BCUT2D eigenvalue weighted by Crippen LogP contribution is -2.53. The number of urea groups is 1. The Balaban J connectivity index is 1.65. The van der Waals surface area contributed by atoms with Crippen LogP contribution in [0.15, 0.2) is 47.6 Å². The number of carbonyl (C=O) groups excluding carboxylic acids is 2. The van der Waals surface area contributed by atoms with Gasteiger partial charge in [0, 0.05) is 40.9 Å². The van der Waals surface area contributed by atoms with Crippen LogP contribution >= 0.6 is 23.4 Å². The van der Waals surface area contributed by atoms with Crippen molar-refractivity contribution in [2.75, 3.05) is 0 Å². The molecule has 1 aromatic heterocycles. The van der Waals surface area contributed by atoms with Gasteiger partial charge >= 0.3 is 6.03 Å². The van der Waals surface area contributed by atoms with Gasteiger partial charge in [-0.3, -0.25) is 14.7 Å². The summed E-state index contributed by atoms with van der Waals surface area (Å²) in [6.45, 7) is 1.98. The van der Waals surface area contributed by atoms with Gasteiger partial charge < -0.3 is 5.32 Å². The molecule has 0 spiro atoms. The summed E-state index contributed by atoms with van der Waals surface area (Å²) >= 11 is 7.47. The molecule has 1 aliphatic rings. The third kappa shape index (κ3) is 4.88. The first-order chi connectivity index (χ1) is 14.9. The van der Waals surface area contributed by atoms with Crippen molar-refractivity contribution in [3.8, 4) is 5.69 Å². The highest BCUT2D eigenvalue weighted by molar-refractivity contribution is 7.98. The second kappa shape index (κ2) is 9.07. The Morgan fingerprint density at radius 1 is 1.23 bits per heavy atom. The lowest BCUT2D eigenvalue weighted by molar-refractivity contribution is -0.121. The number of benzene rings is 2. The maximum atomic E-state index is 14.2. The van der Waals surface area contributed by atoms with Crippen LogP contribution < -0.4 is 10.6 Å². The number of aromatic nitrogens is 3. The molecule has 1 aliphatic heterocycles. The Morgan fingerprint density at radius 2 is 2.03 bits per heavy atom. The fourth-order valence-corrected chi connectivity index (χ4v) is 4.69. The fourth-order valence-electron chi connectivity index (χ4n) is 3.38. The predicted molar refractivity (Wildman–Crippen MR) is 116 cm³/mol. The van der Waals surface area contributed by atoms with E-state index in [0.717, 1.165) is 11.3 Å². The average molecular weight is 460 g/mol. The Bertz CT molecular complexity index is 1120. The first kappa shape index (κ1) is 21.3. The molecular weight excluding hydrogens is 441 g/mol. The number of thioether (sulfide) groups is 1. The Morgan fingerprint density at radius 3 is 2.77 bits per heavy atom. The van der Waals surface area contributed by atoms with Gasteiger partial charge in [0.25, 0.3) is 0 Å². The van der Waals surface area contributed by atoms with Crippen molar-refractivity contribution in [2.45, 2.75) is 36.7 Å². The molecular formula is C21H19ClFN5O2S. The molecule has 160 valence electrons. The van der Waals surface area contributed by atoms with Gasteiger partial charge in [0.15, 0.2) is 5.16 Å². The number of hydrogen-bond acceptors (Lipinski definition) is 5. The molecule has 2 heterocycles. The maximum Gasteiger partial charge on any atom is 0.321 e. The van der Waals surface area contributed by atoms with Crippen molar-refractivity contribution in [3.05, 3.63) is 70.3 Å². The normalized spacial score (nSPS) is 16.2. The highest BCUT2D eigenvalue weighted by Gasteiger charge is 2.27. The van der Waals surface area contributed by atoms with Crippen molar-refractivity contribution in [3.63, 3.8) is 0 Å². The molecule has 0 radical (unpaired) electrons. The lowest BCUT2D eigenvalue weighted by atomic mass is 10.1. The molecule has 2 N–H and O–H groups in total. The standard InChI is InChI=1S/C21H19ClFN5O2S/c1-12-4-2-5-14(8-12)28-18(9-13-10-19(29)25-20(30)24-13)26-27-21(28)31-11-15-16(22)6-3-7-17(15)23/h2-8,13H,9-11H2,1H3,(H2,24,25,29,30). The monoisotopic (exact) mass is 459 g/mol. The van der Waals surface area contributed by atoms with E-state index in [2.05, 4.69) is 20.8 Å². The third-order valence-electron chi connectivity index (χ3n) is 4.82. The molecule has 0 bridgehead atoms. The molecule has 1 saturated heterocycles. The molecule has 2 aromatic carbocycles. The molecule has 1 unspecified atom stereocenters. The van der Waals surface area contributed by atoms with Crippen molar-refractivity contribution < 1.29 is 14.0 Å². The number of carbonyl (C=O) groups is 2. The largest absolute Gasteiger partial charge is 0.334 e. The highest BCUT2D eigenvalue weighted by Crippen LogP contribution is 2.30. The fraction of sp³-hybridized carbons (Fsp3) is 0.238. The maximum absolute atomic E-state index is 14.2. The first-order valence-electron chi connectivity index (χ1n) is 9.58. The minimum Gasteiger partial charge on any atom is -0.334 e. The summed E-state index contributed by atoms with van der Waals surface area (Å²) in [6, 6.07) is 11.5. The van der Waals surface area contributed by atoms with Crippen molar-refractivity contribution in [1.29, 1.82) is 0 Å². The number of aryl methyl sites for hydroxylation is 1. The summed E-state index contributed by atoms with van der Waals surface area (Å²) < 4.78 is 16.1. The number of halogens is 2. The Kier molecular flexibility index (Phi) is 6.24. The molecule has 3 amide bonds. The highest BCUT2D eigenvalue weighted by atomic mass is 35.5. The zero-order valence-electron chi connectivity index (χ0n) is 16.6. The Hall–Kier alpha value is -2.91. The Labute approximate surface area is 187 Å². The van der Waals surface area contributed by atoms with Crippen LogP contribution in [0.25, 0.3) is 5.69 Å². The number of rotatable bonds is 6. The number of amides is 3. The molecule has 1 atom stereocenters. The summed E-state index contributed by atoms with van der Waals surface area (Å²) in [4.78, 5) is 23.4. The zero-order chi connectivity index (χ0) is 22.0. The van der Waals surface area contributed by atoms with Gasteiger partial charge in [-0.2, -0.15) is 0 Å². The van der Waals surface area contributed by atoms with Gasteiger partial charge in [0.1, 0.15) is 11.6 Å². The van der Waals surface area contributed by atoms with Crippen LogP contribution in [0.5, 0.6) is 0 Å². The summed E-state index contributed by atoms with van der Waals surface area (Å²) in [5.74, 6) is 0.155. The van der Waals surface area contributed by atoms with E-state index >= 15 is 0 Å². The van der Waals surface area contributed by atoms with Crippen LogP contribution in [0.1, 0.15) is 23.4 Å². The quantitative estimate of drug-likeness (QED) is 0.547. The zero-order valence-corrected chi connectivity index (χ0v) is 18.1. The van der Waals surface area contributed by atoms with Gasteiger partial charge in [-0.1, -0.05) is 41.6 Å². The second-order valence-electron chi connectivity index (χ2n) is 7.19. The molecule has 1 fully saturated rings. The molecule has 7 nitrogen and oxygen atoms in total. The van der Waals surface area contributed by atoms with Crippen LogP contribution in [-0.4, -0.2) is 32.7 Å². The van der Waals surface area contributed by atoms with E-state index in [1.165, 1.54) is 17.8 Å². The van der Waals surface area contributed by atoms with E-state index in [4.69, 9.17) is 11.6 Å². The van der Waals surface area contributed by atoms with Crippen molar-refractivity contribution in [1.82, 2.24) is 25.4 Å². The topological polar surface area (TPSA) is 88.9 Å². The minimum atomic E-state index is -0.522. The van der Waals surface area contributed by atoms with Crippen LogP contribution in [-0.2, 0) is 17.0 Å². The van der Waals surface area contributed by atoms with E-state index in [1.807, 2.05) is 35.8 Å². The van der Waals surface area contributed by atoms with Crippen LogP contribution in [0.2, 0.25) is 5.02 Å². The smallest absolute Gasteiger partial charge is 0.321 e. The number of nitrogens with one attached hydrogen (secondary N) is 2. The summed E-state index contributed by atoms with van der Waals surface area (Å²) in [5.41, 5.74) is 2.29. The van der Waals surface area contributed by atoms with Gasteiger partial charge in [0.05, 0.1) is 0 Å². The molecule has 0 aliphatic carbocycles. The van der Waals surface area contributed by atoms with E-state index < -0.39 is 12.1 Å². The molecule has 0 saturated carbocycles. The van der Waals surface area contributed by atoms with Crippen LogP contribution in [0, 0.1) is 12.7 Å². The van der Waals surface area contributed by atoms with Crippen molar-refractivity contribution >= 4 is 35.3 Å². The first-order valence-corrected chi connectivity index (χ1v) is 10.9. The number of hydrogen-bond donors (Lipinski definition) is 2. The van der Waals surface area contributed by atoms with Crippen LogP contribution in [0.3, 0.4) is 0 Å². The SMILES string of the molecule is Cc1cccc(-n2c(CC3CC(=O)NC(=O)N3)nnc2SCc2c(F)cccc2Cl)c1. The van der Waals surface area contributed by atoms with E-state index in [-0.39, 0.29) is 23.9 Å². The van der Waals surface area contributed by atoms with Gasteiger partial charge in [-0.25, -0.2) is 9.18 Å². The third-order valence-corrected chi connectivity index (χ3v) is 6.13. The van der Waals surface area contributed by atoms with E-state index in [0.29, 0.717) is 28.0 Å². The number of nitrogens with zero attached hydrogens (tertiary/aromatic N) is 3. The van der Waals surface area contributed by atoms with E-state index in [9.17, 15) is 14.0 Å². The molecule has 4 rings (SSSR count). The van der Waals surface area contributed by atoms with E-state index in [1.54, 1.807) is 12.1 Å².